The molecular weight excluding hydrogens is 332 g/mol. The van der Waals surface area contributed by atoms with Crippen LogP contribution in [0.2, 0.25) is 5.02 Å². The Balaban J connectivity index is 3.15. The van der Waals surface area contributed by atoms with Crippen molar-refractivity contribution in [2.24, 2.45) is 0 Å². The number of halogens is 2. The van der Waals surface area contributed by atoms with Gasteiger partial charge < -0.3 is 10.8 Å². The van der Waals surface area contributed by atoms with Crippen LogP contribution in [0.3, 0.4) is 0 Å². The molecule has 4 N–H and O–H groups in total. The first kappa shape index (κ1) is 14.7. The molecule has 0 aliphatic rings. The van der Waals surface area contributed by atoms with Crippen LogP contribution in [0.1, 0.15) is 6.92 Å². The molecule has 0 aliphatic heterocycles. The van der Waals surface area contributed by atoms with Crippen LogP contribution in [-0.2, 0) is 10.0 Å². The number of nitrogen functional groups attached to an aromatic ring is 1. The number of hydrogen-bond donors (Lipinski definition) is 3. The Kier molecular flexibility index (Phi) is 4.79. The van der Waals surface area contributed by atoms with Crippen LogP contribution in [0.5, 0.6) is 0 Å². The molecule has 0 heterocycles. The van der Waals surface area contributed by atoms with Gasteiger partial charge in [-0.25, -0.2) is 13.1 Å². The van der Waals surface area contributed by atoms with Gasteiger partial charge in [-0.15, -0.1) is 0 Å². The Bertz CT molecular complexity index is 519. The van der Waals surface area contributed by atoms with Crippen molar-refractivity contribution in [2.45, 2.75) is 17.9 Å². The Morgan fingerprint density at radius 1 is 1.59 bits per heavy atom. The van der Waals surface area contributed by atoms with Crippen LogP contribution in [0.4, 0.5) is 5.69 Å². The monoisotopic (exact) mass is 342 g/mol. The molecule has 0 radical (unpaired) electrons. The highest BCUT2D eigenvalue weighted by Gasteiger charge is 2.20. The van der Waals surface area contributed by atoms with E-state index in [1.165, 1.54) is 19.1 Å². The van der Waals surface area contributed by atoms with Crippen LogP contribution in [0.15, 0.2) is 21.5 Å². The summed E-state index contributed by atoms with van der Waals surface area (Å²) in [5, 5.41) is 9.28. The van der Waals surface area contributed by atoms with Crippen molar-refractivity contribution in [3.8, 4) is 0 Å². The van der Waals surface area contributed by atoms with Gasteiger partial charge in [0.2, 0.25) is 10.0 Å². The van der Waals surface area contributed by atoms with Gasteiger partial charge >= 0.3 is 0 Å². The molecule has 96 valence electrons. The van der Waals surface area contributed by atoms with E-state index < -0.39 is 16.1 Å². The summed E-state index contributed by atoms with van der Waals surface area (Å²) in [5.41, 5.74) is 5.83. The molecule has 0 fully saturated rings. The molecule has 1 aromatic carbocycles. The average Bonchev–Trinajstić information content (AvgIpc) is 2.20. The number of anilines is 1. The predicted octanol–water partition coefficient (Wildman–Crippen LogP) is 1.34. The molecule has 0 amide bonds. The lowest BCUT2D eigenvalue weighted by Gasteiger charge is -2.11. The molecule has 0 bridgehead atoms. The number of nitrogens with one attached hydrogen (secondary N) is 1. The van der Waals surface area contributed by atoms with E-state index >= 15 is 0 Å². The van der Waals surface area contributed by atoms with Gasteiger partial charge in [0.15, 0.2) is 0 Å². The third kappa shape index (κ3) is 3.82. The fourth-order valence-corrected chi connectivity index (χ4v) is 3.50. The van der Waals surface area contributed by atoms with E-state index in [-0.39, 0.29) is 26.6 Å². The van der Waals surface area contributed by atoms with Gasteiger partial charge in [0.1, 0.15) is 0 Å². The Morgan fingerprint density at radius 2 is 2.18 bits per heavy atom. The van der Waals surface area contributed by atoms with Crippen molar-refractivity contribution in [2.75, 3.05) is 12.3 Å². The molecule has 1 aromatic rings. The number of aliphatic hydroxyl groups excluding tert-OH is 1. The van der Waals surface area contributed by atoms with Gasteiger partial charge in [-0.05, 0) is 35.0 Å². The summed E-state index contributed by atoms with van der Waals surface area (Å²) in [4.78, 5) is -0.0526. The smallest absolute Gasteiger partial charge is 0.241 e. The Labute approximate surface area is 113 Å². The topological polar surface area (TPSA) is 92.4 Å². The van der Waals surface area contributed by atoms with Crippen molar-refractivity contribution in [1.29, 1.82) is 0 Å². The van der Waals surface area contributed by atoms with Crippen molar-refractivity contribution >= 4 is 43.2 Å². The zero-order chi connectivity index (χ0) is 13.2. The van der Waals surface area contributed by atoms with Gasteiger partial charge in [-0.2, -0.15) is 0 Å². The molecule has 17 heavy (non-hydrogen) atoms. The maximum atomic E-state index is 11.9. The molecular formula is C9H12BrClN2O3S. The quantitative estimate of drug-likeness (QED) is 0.719. The molecule has 1 rings (SSSR count). The normalized spacial score (nSPS) is 13.6. The highest BCUT2D eigenvalue weighted by atomic mass is 79.9. The first-order chi connectivity index (χ1) is 7.74. The van der Waals surface area contributed by atoms with Gasteiger partial charge in [0, 0.05) is 17.3 Å². The first-order valence-corrected chi connectivity index (χ1v) is 7.31. The van der Waals surface area contributed by atoms with E-state index in [4.69, 9.17) is 22.4 Å². The summed E-state index contributed by atoms with van der Waals surface area (Å²) in [5.74, 6) is 0. The number of aliphatic hydroxyl groups is 1. The van der Waals surface area contributed by atoms with Crippen LogP contribution >= 0.6 is 27.5 Å². The third-order valence-corrected chi connectivity index (χ3v) is 4.70. The highest BCUT2D eigenvalue weighted by Crippen LogP contribution is 2.31. The maximum absolute atomic E-state index is 11.9. The van der Waals surface area contributed by atoms with Gasteiger partial charge in [-0.1, -0.05) is 11.6 Å². The Hall–Kier alpha value is -0.340. The predicted molar refractivity (Wildman–Crippen MR) is 70.4 cm³/mol. The molecule has 0 unspecified atom stereocenters. The van der Waals surface area contributed by atoms with Crippen LogP contribution < -0.4 is 10.5 Å². The highest BCUT2D eigenvalue weighted by molar-refractivity contribution is 9.10. The molecule has 8 heteroatoms. The fourth-order valence-electron chi connectivity index (χ4n) is 1.09. The zero-order valence-corrected chi connectivity index (χ0v) is 12.1. The molecule has 5 nitrogen and oxygen atoms in total. The molecule has 0 saturated heterocycles. The summed E-state index contributed by atoms with van der Waals surface area (Å²) < 4.78 is 26.3. The molecule has 1 atom stereocenters. The molecule has 0 spiro atoms. The first-order valence-electron chi connectivity index (χ1n) is 4.66. The minimum atomic E-state index is -3.75. The van der Waals surface area contributed by atoms with Gasteiger partial charge in [0.05, 0.1) is 15.5 Å². The number of hydrogen-bond acceptors (Lipinski definition) is 4. The van der Waals surface area contributed by atoms with Crippen molar-refractivity contribution in [1.82, 2.24) is 4.72 Å². The summed E-state index contributed by atoms with van der Waals surface area (Å²) in [6, 6.07) is 2.73. The van der Waals surface area contributed by atoms with Crippen molar-refractivity contribution < 1.29 is 13.5 Å². The van der Waals surface area contributed by atoms with Crippen molar-refractivity contribution in [3.05, 3.63) is 21.6 Å². The molecule has 0 aromatic heterocycles. The van der Waals surface area contributed by atoms with E-state index in [1.807, 2.05) is 0 Å². The average molecular weight is 344 g/mol. The minimum absolute atomic E-state index is 0.0526. The number of sulfonamides is 1. The summed E-state index contributed by atoms with van der Waals surface area (Å²) in [7, 11) is -3.75. The number of rotatable bonds is 4. The number of benzene rings is 1. The number of nitrogens with two attached hydrogens (primary N) is 1. The lowest BCUT2D eigenvalue weighted by molar-refractivity contribution is 0.198. The second kappa shape index (κ2) is 5.53. The Morgan fingerprint density at radius 3 is 2.71 bits per heavy atom. The van der Waals surface area contributed by atoms with E-state index in [1.54, 1.807) is 0 Å². The second-order valence-corrected chi connectivity index (χ2v) is 6.47. The largest absolute Gasteiger partial charge is 0.398 e. The standard InChI is InChI=1S/C9H12BrClN2O3S/c1-5(14)4-13-17(15,16)8-3-6(11)2-7(12)9(8)10/h2-3,5,13-14H,4,12H2,1H3/t5-/m1/s1. The lowest BCUT2D eigenvalue weighted by Crippen LogP contribution is -2.31. The maximum Gasteiger partial charge on any atom is 0.241 e. The zero-order valence-electron chi connectivity index (χ0n) is 8.94. The summed E-state index contributed by atoms with van der Waals surface area (Å²) in [6.07, 6.45) is -0.778. The third-order valence-electron chi connectivity index (χ3n) is 1.89. The van der Waals surface area contributed by atoms with E-state index in [9.17, 15) is 8.42 Å². The summed E-state index contributed by atoms with van der Waals surface area (Å²) >= 11 is 8.84. The van der Waals surface area contributed by atoms with E-state index in [0.717, 1.165) is 0 Å². The summed E-state index contributed by atoms with van der Waals surface area (Å²) in [6.45, 7) is 1.39. The second-order valence-electron chi connectivity index (χ2n) is 3.51. The van der Waals surface area contributed by atoms with Crippen molar-refractivity contribution in [3.63, 3.8) is 0 Å². The van der Waals surface area contributed by atoms with E-state index in [2.05, 4.69) is 20.7 Å². The van der Waals surface area contributed by atoms with Gasteiger partial charge in [0.25, 0.3) is 0 Å². The van der Waals surface area contributed by atoms with Crippen LogP contribution in [0.25, 0.3) is 0 Å². The lowest BCUT2D eigenvalue weighted by atomic mass is 10.3. The van der Waals surface area contributed by atoms with Gasteiger partial charge in [-0.3, -0.25) is 0 Å². The van der Waals surface area contributed by atoms with Crippen LogP contribution in [-0.4, -0.2) is 26.2 Å². The molecule has 0 saturated carbocycles. The minimum Gasteiger partial charge on any atom is -0.398 e. The van der Waals surface area contributed by atoms with E-state index in [0.29, 0.717) is 0 Å². The van der Waals surface area contributed by atoms with Crippen LogP contribution in [0, 0.1) is 0 Å². The fraction of sp³-hybridized carbons (Fsp3) is 0.333. The molecule has 0 aliphatic carbocycles. The SMILES string of the molecule is C[C@@H](O)CNS(=O)(=O)c1cc(Cl)cc(N)c1Br.